The number of nitrogens with one attached hydrogen (secondary N) is 1. The zero-order valence-electron chi connectivity index (χ0n) is 17.8. The molecule has 1 aliphatic carbocycles. The third-order valence-electron chi connectivity index (χ3n) is 6.25. The topological polar surface area (TPSA) is 82.0 Å². The predicted octanol–water partition coefficient (Wildman–Crippen LogP) is 2.66. The first-order valence-corrected chi connectivity index (χ1v) is 11.2. The van der Waals surface area contributed by atoms with Crippen LogP contribution in [0.15, 0.2) is 54.6 Å². The first-order valence-electron chi connectivity index (χ1n) is 11.2. The molecule has 1 saturated carbocycles. The van der Waals surface area contributed by atoms with Crippen LogP contribution in [-0.4, -0.2) is 65.5 Å². The van der Waals surface area contributed by atoms with Gasteiger partial charge in [0.2, 0.25) is 0 Å². The van der Waals surface area contributed by atoms with Gasteiger partial charge in [-0.05, 0) is 55.6 Å². The van der Waals surface area contributed by atoms with Gasteiger partial charge in [0.1, 0.15) is 18.5 Å². The van der Waals surface area contributed by atoms with Crippen LogP contribution in [0.2, 0.25) is 0 Å². The number of piperidine rings is 1. The monoisotopic (exact) mass is 424 g/mol. The Morgan fingerprint density at radius 3 is 2.48 bits per heavy atom. The SMILES string of the molecule is O=C(O)Cc1ccc(OCC(O)CN2CCC(N[C@@H]3C[C@H]3c3ccccc3)CC2)cc1. The molecule has 2 aliphatic rings. The smallest absolute Gasteiger partial charge is 0.307 e. The molecule has 2 fully saturated rings. The second-order valence-corrected chi connectivity index (χ2v) is 8.78. The highest BCUT2D eigenvalue weighted by atomic mass is 16.5. The highest BCUT2D eigenvalue weighted by molar-refractivity contribution is 5.70. The predicted molar refractivity (Wildman–Crippen MR) is 119 cm³/mol. The maximum Gasteiger partial charge on any atom is 0.307 e. The highest BCUT2D eigenvalue weighted by Crippen LogP contribution is 2.41. The number of β-amino-alcohol motifs (C(OH)–C–C–N with tert-alkyl or cyclic N) is 1. The van der Waals surface area contributed by atoms with Gasteiger partial charge >= 0.3 is 5.97 Å². The van der Waals surface area contributed by atoms with Crippen LogP contribution in [0.4, 0.5) is 0 Å². The molecule has 1 heterocycles. The Labute approximate surface area is 183 Å². The average Bonchev–Trinajstić information content (AvgIpc) is 3.54. The lowest BCUT2D eigenvalue weighted by Gasteiger charge is -2.33. The van der Waals surface area contributed by atoms with Crippen molar-refractivity contribution in [2.45, 2.75) is 49.8 Å². The molecule has 3 atom stereocenters. The van der Waals surface area contributed by atoms with Crippen molar-refractivity contribution in [3.05, 3.63) is 65.7 Å². The Morgan fingerprint density at radius 2 is 1.81 bits per heavy atom. The molecular formula is C25H32N2O4. The number of nitrogens with zero attached hydrogens (tertiary/aromatic N) is 1. The van der Waals surface area contributed by atoms with Crippen LogP contribution < -0.4 is 10.1 Å². The first kappa shape index (κ1) is 21.8. The van der Waals surface area contributed by atoms with Crippen LogP contribution in [0.1, 0.15) is 36.3 Å². The molecule has 0 bridgehead atoms. The maximum atomic E-state index is 10.7. The second kappa shape index (κ2) is 10.3. The number of carboxylic acid groups (broad SMARTS) is 1. The van der Waals surface area contributed by atoms with Crippen molar-refractivity contribution >= 4 is 5.97 Å². The molecule has 6 heteroatoms. The summed E-state index contributed by atoms with van der Waals surface area (Å²) >= 11 is 0. The molecule has 0 amide bonds. The van der Waals surface area contributed by atoms with E-state index in [-0.39, 0.29) is 13.0 Å². The van der Waals surface area contributed by atoms with Crippen LogP contribution in [0.5, 0.6) is 5.75 Å². The summed E-state index contributed by atoms with van der Waals surface area (Å²) in [6.07, 6.45) is 2.90. The van der Waals surface area contributed by atoms with Crippen LogP contribution in [0.3, 0.4) is 0 Å². The molecule has 1 unspecified atom stereocenters. The lowest BCUT2D eigenvalue weighted by molar-refractivity contribution is -0.136. The third-order valence-corrected chi connectivity index (χ3v) is 6.25. The van der Waals surface area contributed by atoms with E-state index in [9.17, 15) is 9.90 Å². The Morgan fingerprint density at radius 1 is 1.10 bits per heavy atom. The number of carbonyl (C=O) groups is 1. The van der Waals surface area contributed by atoms with Crippen molar-refractivity contribution in [2.75, 3.05) is 26.2 Å². The van der Waals surface area contributed by atoms with E-state index < -0.39 is 12.1 Å². The van der Waals surface area contributed by atoms with Gasteiger partial charge in [-0.25, -0.2) is 0 Å². The fourth-order valence-electron chi connectivity index (χ4n) is 4.45. The third kappa shape index (κ3) is 6.53. The minimum absolute atomic E-state index is 0.00136. The van der Waals surface area contributed by atoms with E-state index in [2.05, 4.69) is 40.5 Å². The van der Waals surface area contributed by atoms with E-state index in [0.29, 0.717) is 30.3 Å². The fraction of sp³-hybridized carbons (Fsp3) is 0.480. The summed E-state index contributed by atoms with van der Waals surface area (Å²) in [5, 5.41) is 23.0. The number of aliphatic hydroxyl groups excluding tert-OH is 1. The molecule has 2 aromatic rings. The van der Waals surface area contributed by atoms with Gasteiger partial charge in [0.15, 0.2) is 0 Å². The lowest BCUT2D eigenvalue weighted by Crippen LogP contribution is -2.46. The Kier molecular flexibility index (Phi) is 7.22. The van der Waals surface area contributed by atoms with Gasteiger partial charge in [-0.3, -0.25) is 4.79 Å². The minimum Gasteiger partial charge on any atom is -0.491 e. The maximum absolute atomic E-state index is 10.7. The number of hydrogen-bond acceptors (Lipinski definition) is 5. The van der Waals surface area contributed by atoms with Crippen molar-refractivity contribution in [3.8, 4) is 5.75 Å². The molecule has 0 radical (unpaired) electrons. The summed E-state index contributed by atoms with van der Waals surface area (Å²) in [4.78, 5) is 13.0. The zero-order chi connectivity index (χ0) is 21.6. The molecule has 1 saturated heterocycles. The number of rotatable bonds is 10. The molecule has 3 N–H and O–H groups in total. The van der Waals surface area contributed by atoms with Gasteiger partial charge in [0.05, 0.1) is 6.42 Å². The van der Waals surface area contributed by atoms with E-state index >= 15 is 0 Å². The summed E-state index contributed by atoms with van der Waals surface area (Å²) < 4.78 is 5.67. The number of benzene rings is 2. The first-order chi connectivity index (χ1) is 15.1. The second-order valence-electron chi connectivity index (χ2n) is 8.78. The summed E-state index contributed by atoms with van der Waals surface area (Å²) in [6, 6.07) is 18.9. The number of aliphatic hydroxyl groups is 1. The van der Waals surface area contributed by atoms with E-state index in [1.807, 2.05) is 0 Å². The lowest BCUT2D eigenvalue weighted by atomic mass is 10.0. The van der Waals surface area contributed by atoms with Crippen molar-refractivity contribution in [1.82, 2.24) is 10.2 Å². The Hall–Kier alpha value is -2.41. The van der Waals surface area contributed by atoms with Crippen LogP contribution in [0, 0.1) is 0 Å². The van der Waals surface area contributed by atoms with Crippen LogP contribution in [0.25, 0.3) is 0 Å². The van der Waals surface area contributed by atoms with Crippen molar-refractivity contribution < 1.29 is 19.7 Å². The van der Waals surface area contributed by atoms with E-state index in [1.165, 1.54) is 12.0 Å². The van der Waals surface area contributed by atoms with Gasteiger partial charge in [0.25, 0.3) is 0 Å². The summed E-state index contributed by atoms with van der Waals surface area (Å²) in [5.74, 6) is 0.459. The number of hydrogen-bond donors (Lipinski definition) is 3. The van der Waals surface area contributed by atoms with Crippen molar-refractivity contribution in [3.63, 3.8) is 0 Å². The molecule has 4 rings (SSSR count). The summed E-state index contributed by atoms with van der Waals surface area (Å²) in [5.41, 5.74) is 2.18. The van der Waals surface area contributed by atoms with Crippen molar-refractivity contribution in [1.29, 1.82) is 0 Å². The van der Waals surface area contributed by atoms with Gasteiger partial charge < -0.3 is 25.2 Å². The van der Waals surface area contributed by atoms with E-state index in [1.54, 1.807) is 24.3 Å². The fourth-order valence-corrected chi connectivity index (χ4v) is 4.45. The average molecular weight is 425 g/mol. The normalized spacial score (nSPS) is 22.7. The number of aliphatic carboxylic acids is 1. The Bertz CT molecular complexity index is 834. The van der Waals surface area contributed by atoms with Gasteiger partial charge in [-0.15, -0.1) is 0 Å². The van der Waals surface area contributed by atoms with Crippen LogP contribution >= 0.6 is 0 Å². The van der Waals surface area contributed by atoms with Crippen LogP contribution in [-0.2, 0) is 11.2 Å². The van der Waals surface area contributed by atoms with E-state index in [4.69, 9.17) is 9.84 Å². The standard InChI is InChI=1S/C25H32N2O4/c28-21(17-31-22-8-6-18(7-9-22)14-25(29)30)16-27-12-10-20(11-13-27)26-24-15-23(24)19-4-2-1-3-5-19/h1-9,20-21,23-24,26,28H,10-17H2,(H,29,30)/t21?,23-,24+/m0/s1. The highest BCUT2D eigenvalue weighted by Gasteiger charge is 2.39. The number of likely N-dealkylation sites (tertiary alicyclic amines) is 1. The zero-order valence-corrected chi connectivity index (χ0v) is 17.8. The molecule has 6 nitrogen and oxygen atoms in total. The molecule has 0 spiro atoms. The van der Waals surface area contributed by atoms with Gasteiger partial charge in [0, 0.05) is 24.5 Å². The Balaban J connectivity index is 1.12. The molecule has 166 valence electrons. The molecular weight excluding hydrogens is 392 g/mol. The van der Waals surface area contributed by atoms with Gasteiger partial charge in [-0.1, -0.05) is 42.5 Å². The number of ether oxygens (including phenoxy) is 1. The summed E-state index contributed by atoms with van der Waals surface area (Å²) in [6.45, 7) is 2.82. The number of carboxylic acids is 1. The van der Waals surface area contributed by atoms with E-state index in [0.717, 1.165) is 31.5 Å². The van der Waals surface area contributed by atoms with Gasteiger partial charge in [-0.2, -0.15) is 0 Å². The quantitative estimate of drug-likeness (QED) is 0.544. The molecule has 0 aromatic heterocycles. The molecule has 31 heavy (non-hydrogen) atoms. The molecule has 2 aromatic carbocycles. The van der Waals surface area contributed by atoms with Crippen molar-refractivity contribution in [2.24, 2.45) is 0 Å². The molecule has 1 aliphatic heterocycles. The summed E-state index contributed by atoms with van der Waals surface area (Å²) in [7, 11) is 0. The largest absolute Gasteiger partial charge is 0.491 e. The minimum atomic E-state index is -0.851.